The molecule has 0 aliphatic carbocycles. The molecule has 2 aromatic carbocycles. The SMILES string of the molecule is CSc1ccc(CNc2cccc3ccc(C)nc23)cc1. The first-order chi connectivity index (χ1) is 10.3. The van der Waals surface area contributed by atoms with Crippen molar-refractivity contribution < 1.29 is 0 Å². The first-order valence-corrected chi connectivity index (χ1v) is 8.22. The molecule has 3 heteroatoms. The fourth-order valence-electron chi connectivity index (χ4n) is 2.33. The predicted molar refractivity (Wildman–Crippen MR) is 92.0 cm³/mol. The normalized spacial score (nSPS) is 10.8. The molecule has 0 aliphatic heterocycles. The second-order valence-electron chi connectivity index (χ2n) is 5.03. The van der Waals surface area contributed by atoms with Gasteiger partial charge < -0.3 is 5.32 Å². The average Bonchev–Trinajstić information content (AvgIpc) is 2.53. The third-order valence-electron chi connectivity index (χ3n) is 3.50. The molecule has 0 saturated carbocycles. The quantitative estimate of drug-likeness (QED) is 0.694. The van der Waals surface area contributed by atoms with Gasteiger partial charge in [-0.05, 0) is 43.0 Å². The van der Waals surface area contributed by atoms with Crippen LogP contribution in [-0.2, 0) is 6.54 Å². The van der Waals surface area contributed by atoms with Gasteiger partial charge in [-0.1, -0.05) is 30.3 Å². The summed E-state index contributed by atoms with van der Waals surface area (Å²) in [6.07, 6.45) is 2.09. The molecule has 2 nitrogen and oxygen atoms in total. The lowest BCUT2D eigenvalue weighted by Crippen LogP contribution is -2.00. The van der Waals surface area contributed by atoms with Crippen LogP contribution in [0.3, 0.4) is 0 Å². The van der Waals surface area contributed by atoms with E-state index >= 15 is 0 Å². The van der Waals surface area contributed by atoms with Crippen LogP contribution in [0.25, 0.3) is 10.9 Å². The van der Waals surface area contributed by atoms with Gasteiger partial charge in [0.2, 0.25) is 0 Å². The van der Waals surface area contributed by atoms with Crippen LogP contribution in [0.2, 0.25) is 0 Å². The van der Waals surface area contributed by atoms with E-state index in [9.17, 15) is 0 Å². The molecule has 3 rings (SSSR count). The number of aryl methyl sites for hydroxylation is 1. The van der Waals surface area contributed by atoms with E-state index in [0.717, 1.165) is 23.4 Å². The molecular weight excluding hydrogens is 276 g/mol. The average molecular weight is 294 g/mol. The highest BCUT2D eigenvalue weighted by atomic mass is 32.2. The minimum Gasteiger partial charge on any atom is -0.379 e. The number of nitrogens with one attached hydrogen (secondary N) is 1. The van der Waals surface area contributed by atoms with Crippen LogP contribution in [0.15, 0.2) is 59.5 Å². The van der Waals surface area contributed by atoms with Gasteiger partial charge in [-0.2, -0.15) is 0 Å². The van der Waals surface area contributed by atoms with Crippen molar-refractivity contribution in [1.29, 1.82) is 0 Å². The molecule has 1 N–H and O–H groups in total. The predicted octanol–water partition coefficient (Wildman–Crippen LogP) is 4.88. The molecule has 0 unspecified atom stereocenters. The van der Waals surface area contributed by atoms with Crippen molar-refractivity contribution >= 4 is 28.4 Å². The highest BCUT2D eigenvalue weighted by Gasteiger charge is 2.02. The lowest BCUT2D eigenvalue weighted by molar-refractivity contribution is 1.14. The van der Waals surface area contributed by atoms with Crippen LogP contribution in [0, 0.1) is 6.92 Å². The van der Waals surface area contributed by atoms with E-state index in [-0.39, 0.29) is 0 Å². The molecule has 0 radical (unpaired) electrons. The Morgan fingerprint density at radius 1 is 1.00 bits per heavy atom. The summed E-state index contributed by atoms with van der Waals surface area (Å²) < 4.78 is 0. The van der Waals surface area contributed by atoms with Gasteiger partial charge in [-0.15, -0.1) is 11.8 Å². The molecule has 0 bridgehead atoms. The smallest absolute Gasteiger partial charge is 0.0936 e. The summed E-state index contributed by atoms with van der Waals surface area (Å²) in [6, 6.07) is 19.1. The number of hydrogen-bond donors (Lipinski definition) is 1. The minimum absolute atomic E-state index is 0.809. The monoisotopic (exact) mass is 294 g/mol. The second kappa shape index (κ2) is 6.19. The first kappa shape index (κ1) is 14.0. The van der Waals surface area contributed by atoms with Crippen molar-refractivity contribution in [3.8, 4) is 0 Å². The van der Waals surface area contributed by atoms with Crippen LogP contribution >= 0.6 is 11.8 Å². The van der Waals surface area contributed by atoms with E-state index in [1.165, 1.54) is 15.8 Å². The molecular formula is C18H18N2S. The van der Waals surface area contributed by atoms with Crippen LogP contribution < -0.4 is 5.32 Å². The summed E-state index contributed by atoms with van der Waals surface area (Å²) in [7, 11) is 0. The van der Waals surface area contributed by atoms with Crippen molar-refractivity contribution in [2.24, 2.45) is 0 Å². The number of anilines is 1. The van der Waals surface area contributed by atoms with Crippen LogP contribution in [-0.4, -0.2) is 11.2 Å². The van der Waals surface area contributed by atoms with Crippen molar-refractivity contribution in [2.45, 2.75) is 18.4 Å². The van der Waals surface area contributed by atoms with Gasteiger partial charge in [-0.3, -0.25) is 4.98 Å². The second-order valence-corrected chi connectivity index (χ2v) is 5.91. The van der Waals surface area contributed by atoms with Gasteiger partial charge in [0.15, 0.2) is 0 Å². The Balaban J connectivity index is 1.82. The molecule has 0 spiro atoms. The Morgan fingerprint density at radius 2 is 1.81 bits per heavy atom. The third kappa shape index (κ3) is 3.19. The Kier molecular flexibility index (Phi) is 4.11. The molecule has 21 heavy (non-hydrogen) atoms. The van der Waals surface area contributed by atoms with E-state index in [4.69, 9.17) is 0 Å². The zero-order chi connectivity index (χ0) is 14.7. The highest BCUT2D eigenvalue weighted by Crippen LogP contribution is 2.22. The van der Waals surface area contributed by atoms with Gasteiger partial charge in [0.05, 0.1) is 11.2 Å². The molecule has 0 atom stereocenters. The summed E-state index contributed by atoms with van der Waals surface area (Å²) in [5.41, 5.74) is 4.45. The van der Waals surface area contributed by atoms with Crippen LogP contribution in [0.1, 0.15) is 11.3 Å². The van der Waals surface area contributed by atoms with E-state index < -0.39 is 0 Å². The van der Waals surface area contributed by atoms with Crippen LogP contribution in [0.5, 0.6) is 0 Å². The number of aromatic nitrogens is 1. The minimum atomic E-state index is 0.809. The van der Waals surface area contributed by atoms with Gasteiger partial charge in [-0.25, -0.2) is 0 Å². The Labute approximate surface area is 129 Å². The number of nitrogens with zero attached hydrogens (tertiary/aromatic N) is 1. The summed E-state index contributed by atoms with van der Waals surface area (Å²) in [5.74, 6) is 0. The fraction of sp³-hybridized carbons (Fsp3) is 0.167. The lowest BCUT2D eigenvalue weighted by Gasteiger charge is -2.10. The molecule has 0 saturated heterocycles. The molecule has 0 amide bonds. The summed E-state index contributed by atoms with van der Waals surface area (Å²) in [6.45, 7) is 2.83. The maximum atomic E-state index is 4.65. The molecule has 1 heterocycles. The van der Waals surface area contributed by atoms with Crippen molar-refractivity contribution in [3.63, 3.8) is 0 Å². The Hall–Kier alpha value is -2.00. The van der Waals surface area contributed by atoms with Crippen molar-refractivity contribution in [1.82, 2.24) is 4.98 Å². The zero-order valence-electron chi connectivity index (χ0n) is 12.3. The number of thioether (sulfide) groups is 1. The largest absolute Gasteiger partial charge is 0.379 e. The van der Waals surface area contributed by atoms with Gasteiger partial charge in [0.25, 0.3) is 0 Å². The van der Waals surface area contributed by atoms with E-state index in [1.807, 2.05) is 13.0 Å². The van der Waals surface area contributed by atoms with Crippen molar-refractivity contribution in [3.05, 3.63) is 65.9 Å². The number of pyridine rings is 1. The number of para-hydroxylation sites is 1. The van der Waals surface area contributed by atoms with E-state index in [2.05, 4.69) is 65.1 Å². The standard InChI is InChI=1S/C18H18N2S/c1-13-6-9-15-4-3-5-17(18(15)20-13)19-12-14-7-10-16(21-2)11-8-14/h3-11,19H,12H2,1-2H3. The van der Waals surface area contributed by atoms with Crippen LogP contribution in [0.4, 0.5) is 5.69 Å². The van der Waals surface area contributed by atoms with E-state index in [0.29, 0.717) is 0 Å². The van der Waals surface area contributed by atoms with Gasteiger partial charge in [0, 0.05) is 22.5 Å². The third-order valence-corrected chi connectivity index (χ3v) is 4.25. The summed E-state index contributed by atoms with van der Waals surface area (Å²) in [5, 5.41) is 4.67. The topological polar surface area (TPSA) is 24.9 Å². The summed E-state index contributed by atoms with van der Waals surface area (Å²) >= 11 is 1.77. The zero-order valence-corrected chi connectivity index (χ0v) is 13.1. The van der Waals surface area contributed by atoms with Gasteiger partial charge in [0.1, 0.15) is 0 Å². The first-order valence-electron chi connectivity index (χ1n) is 6.99. The molecule has 0 fully saturated rings. The number of rotatable bonds is 4. The molecule has 106 valence electrons. The Morgan fingerprint density at radius 3 is 2.57 bits per heavy atom. The number of hydrogen-bond acceptors (Lipinski definition) is 3. The number of benzene rings is 2. The van der Waals surface area contributed by atoms with Crippen molar-refractivity contribution in [2.75, 3.05) is 11.6 Å². The lowest BCUT2D eigenvalue weighted by atomic mass is 10.1. The van der Waals surface area contributed by atoms with Gasteiger partial charge >= 0.3 is 0 Å². The molecule has 1 aromatic heterocycles. The Bertz CT molecular complexity index is 751. The number of fused-ring (bicyclic) bond motifs is 1. The fourth-order valence-corrected chi connectivity index (χ4v) is 2.74. The maximum absolute atomic E-state index is 4.65. The maximum Gasteiger partial charge on any atom is 0.0936 e. The van der Waals surface area contributed by atoms with E-state index in [1.54, 1.807) is 11.8 Å². The summed E-state index contributed by atoms with van der Waals surface area (Å²) in [4.78, 5) is 5.94. The molecule has 0 aliphatic rings. The molecule has 3 aromatic rings. The highest BCUT2D eigenvalue weighted by molar-refractivity contribution is 7.98.